The summed E-state index contributed by atoms with van der Waals surface area (Å²) in [6, 6.07) is 0.914. The van der Waals surface area contributed by atoms with Crippen LogP contribution in [-0.4, -0.2) is 24.5 Å². The molecule has 9 heteroatoms. The molecule has 0 aliphatic rings. The lowest BCUT2D eigenvalue weighted by atomic mass is 9.92. The second-order valence-electron chi connectivity index (χ2n) is 5.13. The molecule has 21 heavy (non-hydrogen) atoms. The van der Waals surface area contributed by atoms with Gasteiger partial charge in [0.2, 0.25) is 0 Å². The van der Waals surface area contributed by atoms with E-state index in [2.05, 4.69) is 4.74 Å². The third-order valence-electron chi connectivity index (χ3n) is 2.16. The zero-order chi connectivity index (χ0) is 17.0. The van der Waals surface area contributed by atoms with Crippen LogP contribution >= 0.6 is 0 Å². The van der Waals surface area contributed by atoms with Crippen LogP contribution in [0.15, 0.2) is 6.07 Å². The predicted molar refractivity (Wildman–Crippen MR) is 78.0 cm³/mol. The first-order valence-corrected chi connectivity index (χ1v) is 5.83. The third-order valence-corrected chi connectivity index (χ3v) is 2.16. The number of nitro groups is 1. The van der Waals surface area contributed by atoms with Gasteiger partial charge in [-0.25, -0.2) is 9.18 Å². The Bertz CT molecular complexity index is 558. The van der Waals surface area contributed by atoms with E-state index in [1.807, 2.05) is 0 Å². The van der Waals surface area contributed by atoms with Gasteiger partial charge in [0.05, 0.1) is 4.92 Å². The fourth-order valence-corrected chi connectivity index (χ4v) is 1.27. The van der Waals surface area contributed by atoms with Crippen LogP contribution in [0.25, 0.3) is 0 Å². The van der Waals surface area contributed by atoms with Crippen LogP contribution in [0.1, 0.15) is 26.3 Å². The molecule has 0 heterocycles. The molecule has 4 N–H and O–H groups in total. The molecule has 0 atom stereocenters. The molecule has 0 saturated carbocycles. The Labute approximate surface area is 123 Å². The number of rotatable bonds is 1. The van der Waals surface area contributed by atoms with Crippen molar-refractivity contribution >= 4 is 30.8 Å². The van der Waals surface area contributed by atoms with Crippen molar-refractivity contribution in [3.8, 4) is 0 Å². The molecule has 0 aliphatic carbocycles. The number of carbonyl (C=O) groups is 1. The molecule has 0 spiro atoms. The lowest BCUT2D eigenvalue weighted by Gasteiger charge is -2.16. The molecule has 0 aromatic heterocycles. The number of carbonyl (C=O) groups excluding carboxylic acids is 1. The summed E-state index contributed by atoms with van der Waals surface area (Å²) < 4.78 is 17.6. The van der Waals surface area contributed by atoms with E-state index >= 15 is 0 Å². The van der Waals surface area contributed by atoms with Gasteiger partial charge in [-0.1, -0.05) is 5.46 Å². The maximum absolute atomic E-state index is 13.0. The number of hydrogen-bond donors (Lipinski definition) is 2. The topological polar surface area (TPSA) is 121 Å². The summed E-state index contributed by atoms with van der Waals surface area (Å²) in [6.07, 6.45) is -0.725. The molecule has 0 fully saturated rings. The predicted octanol–water partition coefficient (Wildman–Crippen LogP) is 1.30. The molecule has 7 nitrogen and oxygen atoms in total. The quantitative estimate of drug-likeness (QED) is 0.350. The number of nitrogens with zero attached hydrogens (tertiary/aromatic N) is 1. The minimum absolute atomic E-state index is 0.00620. The van der Waals surface area contributed by atoms with Gasteiger partial charge in [0.25, 0.3) is 5.69 Å². The van der Waals surface area contributed by atoms with Crippen molar-refractivity contribution in [1.29, 1.82) is 0 Å². The number of anilines is 1. The molecule has 0 bridgehead atoms. The zero-order valence-electron chi connectivity index (χ0n) is 12.3. The molecule has 1 amide bonds. The molecule has 114 valence electrons. The molecular weight excluding hydrogens is 280 g/mol. The first kappa shape index (κ1) is 18.7. The van der Waals surface area contributed by atoms with Crippen molar-refractivity contribution in [2.24, 2.45) is 5.73 Å². The van der Waals surface area contributed by atoms with Gasteiger partial charge >= 0.3 is 6.09 Å². The van der Waals surface area contributed by atoms with Crippen molar-refractivity contribution in [2.75, 3.05) is 5.73 Å². The summed E-state index contributed by atoms with van der Waals surface area (Å²) in [5.41, 5.74) is 8.77. The Kier molecular flexibility index (Phi) is 6.15. The van der Waals surface area contributed by atoms with E-state index in [-0.39, 0.29) is 22.4 Å². The van der Waals surface area contributed by atoms with Gasteiger partial charge in [0, 0.05) is 11.6 Å². The van der Waals surface area contributed by atoms with Crippen molar-refractivity contribution in [3.05, 3.63) is 27.6 Å². The van der Waals surface area contributed by atoms with Crippen molar-refractivity contribution in [2.45, 2.75) is 33.3 Å². The molecule has 1 rings (SSSR count). The summed E-state index contributed by atoms with van der Waals surface area (Å²) in [7, 11) is 5.19. The standard InChI is InChI=1S/C7H6BFN2O2.C5H11NO2/c1-3-6(9)4(8)2-5(7(3)10)11(12)13;1-5(2,3)8-4(6)7/h2H,10H2,1H3;1-3H3,(H2,6,7). The molecule has 2 radical (unpaired) electrons. The molecule has 1 aromatic rings. The third kappa shape index (κ3) is 6.11. The second-order valence-corrected chi connectivity index (χ2v) is 5.13. The minimum atomic E-state index is -0.725. The van der Waals surface area contributed by atoms with Gasteiger partial charge in [-0.15, -0.1) is 0 Å². The fraction of sp³-hybridized carbons (Fsp3) is 0.417. The summed E-state index contributed by atoms with van der Waals surface area (Å²) in [5.74, 6) is -0.705. The number of nitrogens with two attached hydrogens (primary N) is 2. The van der Waals surface area contributed by atoms with Crippen molar-refractivity contribution < 1.29 is 18.8 Å². The Morgan fingerprint density at radius 1 is 1.48 bits per heavy atom. The largest absolute Gasteiger partial charge is 0.444 e. The van der Waals surface area contributed by atoms with Crippen molar-refractivity contribution in [3.63, 3.8) is 0 Å². The first-order chi connectivity index (χ1) is 9.36. The summed E-state index contributed by atoms with van der Waals surface area (Å²) in [4.78, 5) is 19.7. The number of primary amides is 1. The van der Waals surface area contributed by atoms with Crippen LogP contribution in [0.3, 0.4) is 0 Å². The lowest BCUT2D eigenvalue weighted by Crippen LogP contribution is -2.27. The van der Waals surface area contributed by atoms with Crippen LogP contribution in [0, 0.1) is 22.9 Å². The summed E-state index contributed by atoms with van der Waals surface area (Å²) >= 11 is 0. The number of nitro benzene ring substituents is 1. The number of hydrogen-bond acceptors (Lipinski definition) is 5. The number of benzene rings is 1. The number of halogens is 1. The monoisotopic (exact) mass is 297 g/mol. The zero-order valence-corrected chi connectivity index (χ0v) is 12.3. The van der Waals surface area contributed by atoms with E-state index < -0.39 is 22.4 Å². The van der Waals surface area contributed by atoms with E-state index in [0.29, 0.717) is 0 Å². The van der Waals surface area contributed by atoms with Gasteiger partial charge in [-0.05, 0) is 27.7 Å². The van der Waals surface area contributed by atoms with E-state index in [1.165, 1.54) is 6.92 Å². The highest BCUT2D eigenvalue weighted by atomic mass is 19.1. The Balaban J connectivity index is 0.000000433. The second kappa shape index (κ2) is 6.91. The van der Waals surface area contributed by atoms with Crippen LogP contribution < -0.4 is 16.9 Å². The molecular formula is C12H17BFN3O4. The van der Waals surface area contributed by atoms with Gasteiger partial charge < -0.3 is 16.2 Å². The average Bonchev–Trinajstić information content (AvgIpc) is 2.28. The van der Waals surface area contributed by atoms with E-state index in [0.717, 1.165) is 6.07 Å². The maximum Gasteiger partial charge on any atom is 0.405 e. The number of amides is 1. The fourth-order valence-electron chi connectivity index (χ4n) is 1.27. The van der Waals surface area contributed by atoms with Gasteiger partial charge in [0.15, 0.2) is 0 Å². The molecule has 1 aromatic carbocycles. The highest BCUT2D eigenvalue weighted by Crippen LogP contribution is 2.24. The first-order valence-electron chi connectivity index (χ1n) is 5.83. The lowest BCUT2D eigenvalue weighted by molar-refractivity contribution is -0.383. The molecule has 0 aliphatic heterocycles. The SMILES string of the molecule is CC(C)(C)OC(N)=O.[B]c1cc([N+](=O)[O-])c(N)c(C)c1F. The van der Waals surface area contributed by atoms with Crippen LogP contribution in [-0.2, 0) is 4.74 Å². The average molecular weight is 297 g/mol. The highest BCUT2D eigenvalue weighted by molar-refractivity contribution is 6.33. The smallest absolute Gasteiger partial charge is 0.405 e. The maximum atomic E-state index is 13.0. The molecule has 0 saturated heterocycles. The summed E-state index contributed by atoms with van der Waals surface area (Å²) in [6.45, 7) is 6.63. The van der Waals surface area contributed by atoms with Crippen LogP contribution in [0.5, 0.6) is 0 Å². The van der Waals surface area contributed by atoms with Crippen LogP contribution in [0.4, 0.5) is 20.6 Å². The minimum Gasteiger partial charge on any atom is -0.444 e. The van der Waals surface area contributed by atoms with Gasteiger partial charge in [-0.2, -0.15) is 0 Å². The van der Waals surface area contributed by atoms with Gasteiger partial charge in [-0.3, -0.25) is 10.1 Å². The van der Waals surface area contributed by atoms with Gasteiger partial charge in [0.1, 0.15) is 25.0 Å². The normalized spacial score (nSPS) is 10.3. The Morgan fingerprint density at radius 2 is 1.95 bits per heavy atom. The number of ether oxygens (including phenoxy) is 1. The van der Waals surface area contributed by atoms with E-state index in [1.54, 1.807) is 20.8 Å². The van der Waals surface area contributed by atoms with E-state index in [9.17, 15) is 19.3 Å². The van der Waals surface area contributed by atoms with Crippen molar-refractivity contribution in [1.82, 2.24) is 0 Å². The Hall–Kier alpha value is -2.32. The van der Waals surface area contributed by atoms with E-state index in [4.69, 9.17) is 19.3 Å². The molecule has 0 unspecified atom stereocenters. The summed E-state index contributed by atoms with van der Waals surface area (Å²) in [5, 5.41) is 10.4. The number of nitrogen functional groups attached to an aromatic ring is 1. The highest BCUT2D eigenvalue weighted by Gasteiger charge is 2.17. The Morgan fingerprint density at radius 3 is 2.24 bits per heavy atom. The van der Waals surface area contributed by atoms with Crippen LogP contribution in [0.2, 0.25) is 0 Å².